The first kappa shape index (κ1) is 18.5. The van der Waals surface area contributed by atoms with Crippen LogP contribution in [0.5, 0.6) is 0 Å². The van der Waals surface area contributed by atoms with Crippen molar-refractivity contribution in [2.45, 2.75) is 71.0 Å². The quantitative estimate of drug-likeness (QED) is 0.783. The highest BCUT2D eigenvalue weighted by atomic mass is 16.1. The lowest BCUT2D eigenvalue weighted by molar-refractivity contribution is -0.121. The Morgan fingerprint density at radius 2 is 2.04 bits per heavy atom. The average Bonchev–Trinajstić information content (AvgIpc) is 3.40. The molecule has 1 aliphatic carbocycles. The molecule has 2 fully saturated rings. The van der Waals surface area contributed by atoms with Gasteiger partial charge in [-0.3, -0.25) is 9.69 Å². The van der Waals surface area contributed by atoms with E-state index in [4.69, 9.17) is 0 Å². The average molecular weight is 368 g/mol. The van der Waals surface area contributed by atoms with Crippen LogP contribution in [-0.4, -0.2) is 34.5 Å². The molecule has 1 aliphatic heterocycles. The summed E-state index contributed by atoms with van der Waals surface area (Å²) < 4.78 is 2.40. The Hall–Kier alpha value is -1.81. The van der Waals surface area contributed by atoms with Crippen LogP contribution in [0.1, 0.15) is 64.0 Å². The molecule has 1 amide bonds. The van der Waals surface area contributed by atoms with Crippen molar-refractivity contribution in [2.75, 3.05) is 13.1 Å². The first-order chi connectivity index (χ1) is 13.1. The summed E-state index contributed by atoms with van der Waals surface area (Å²) in [6.07, 6.45) is 8.94. The fraction of sp³-hybridized carbons (Fsp3) is 0.609. The number of carbonyl (C=O) groups is 1. The zero-order valence-corrected chi connectivity index (χ0v) is 16.8. The first-order valence-electron chi connectivity index (χ1n) is 10.7. The highest BCUT2D eigenvalue weighted by molar-refractivity contribution is 5.84. The van der Waals surface area contributed by atoms with Gasteiger partial charge in [0.25, 0.3) is 0 Å². The van der Waals surface area contributed by atoms with E-state index in [9.17, 15) is 4.79 Å². The van der Waals surface area contributed by atoms with Gasteiger partial charge in [-0.05, 0) is 70.0 Å². The molecule has 0 bridgehead atoms. The Balaban J connectivity index is 1.37. The van der Waals surface area contributed by atoms with E-state index < -0.39 is 0 Å². The van der Waals surface area contributed by atoms with Crippen molar-refractivity contribution in [1.29, 1.82) is 0 Å². The third-order valence-corrected chi connectivity index (χ3v) is 6.10. The number of piperidine rings is 1. The standard InChI is InChI=1S/C23H33N3O/c1-17(2)26-16-19(21-7-3-4-8-22(21)26)15-25-13-5-6-18(14-25)9-12-23(27)24-20-10-11-20/h3-4,7-8,16-18,20H,5-6,9-15H2,1-2H3,(H,24,27). The Labute approximate surface area is 162 Å². The number of benzene rings is 1. The van der Waals surface area contributed by atoms with Crippen LogP contribution in [0.25, 0.3) is 10.9 Å². The summed E-state index contributed by atoms with van der Waals surface area (Å²) in [5.74, 6) is 0.914. The number of likely N-dealkylation sites (tertiary alicyclic amines) is 1. The maximum Gasteiger partial charge on any atom is 0.220 e. The minimum Gasteiger partial charge on any atom is -0.353 e. The second-order valence-corrected chi connectivity index (χ2v) is 8.80. The summed E-state index contributed by atoms with van der Waals surface area (Å²) >= 11 is 0. The molecule has 1 aromatic carbocycles. The van der Waals surface area contributed by atoms with Crippen molar-refractivity contribution in [1.82, 2.24) is 14.8 Å². The topological polar surface area (TPSA) is 37.3 Å². The van der Waals surface area contributed by atoms with Crippen molar-refractivity contribution >= 4 is 16.8 Å². The maximum absolute atomic E-state index is 12.0. The summed E-state index contributed by atoms with van der Waals surface area (Å²) in [7, 11) is 0. The van der Waals surface area contributed by atoms with Crippen LogP contribution in [0.4, 0.5) is 0 Å². The zero-order valence-electron chi connectivity index (χ0n) is 16.8. The van der Waals surface area contributed by atoms with Crippen LogP contribution in [-0.2, 0) is 11.3 Å². The molecule has 2 aliphatic rings. The molecule has 2 heterocycles. The lowest BCUT2D eigenvalue weighted by atomic mass is 9.93. The Morgan fingerprint density at radius 1 is 1.22 bits per heavy atom. The predicted molar refractivity (Wildman–Crippen MR) is 111 cm³/mol. The molecule has 1 aromatic heterocycles. The van der Waals surface area contributed by atoms with Gasteiger partial charge in [0, 0.05) is 48.7 Å². The number of carbonyl (C=O) groups excluding carboxylic acids is 1. The van der Waals surface area contributed by atoms with E-state index in [-0.39, 0.29) is 5.91 Å². The van der Waals surface area contributed by atoms with Crippen LogP contribution in [0, 0.1) is 5.92 Å². The monoisotopic (exact) mass is 367 g/mol. The highest BCUT2D eigenvalue weighted by Crippen LogP contribution is 2.28. The van der Waals surface area contributed by atoms with Gasteiger partial charge >= 0.3 is 0 Å². The molecule has 1 N–H and O–H groups in total. The van der Waals surface area contributed by atoms with E-state index in [1.165, 1.54) is 48.7 Å². The molecule has 4 heteroatoms. The normalized spacial score (nSPS) is 21.1. The number of amides is 1. The van der Waals surface area contributed by atoms with E-state index >= 15 is 0 Å². The van der Waals surface area contributed by atoms with E-state index in [2.05, 4.69) is 59.1 Å². The lowest BCUT2D eigenvalue weighted by Gasteiger charge is -2.32. The van der Waals surface area contributed by atoms with E-state index in [0.717, 1.165) is 19.5 Å². The molecule has 1 saturated carbocycles. The van der Waals surface area contributed by atoms with Gasteiger partial charge in [-0.1, -0.05) is 18.2 Å². The van der Waals surface area contributed by atoms with Gasteiger partial charge in [0.15, 0.2) is 0 Å². The van der Waals surface area contributed by atoms with Crippen LogP contribution in [0.3, 0.4) is 0 Å². The number of nitrogens with one attached hydrogen (secondary N) is 1. The second-order valence-electron chi connectivity index (χ2n) is 8.80. The number of fused-ring (bicyclic) bond motifs is 1. The fourth-order valence-corrected chi connectivity index (χ4v) is 4.46. The van der Waals surface area contributed by atoms with Gasteiger partial charge in [-0.2, -0.15) is 0 Å². The highest BCUT2D eigenvalue weighted by Gasteiger charge is 2.25. The molecule has 1 atom stereocenters. The van der Waals surface area contributed by atoms with Gasteiger partial charge in [0.2, 0.25) is 5.91 Å². The molecular formula is C23H33N3O. The number of hydrogen-bond acceptors (Lipinski definition) is 2. The summed E-state index contributed by atoms with van der Waals surface area (Å²) in [5.41, 5.74) is 2.78. The Kier molecular flexibility index (Phi) is 5.53. The molecule has 27 heavy (non-hydrogen) atoms. The molecule has 4 nitrogen and oxygen atoms in total. The van der Waals surface area contributed by atoms with Crippen LogP contribution < -0.4 is 5.32 Å². The molecule has 2 aromatic rings. The number of para-hydroxylation sites is 1. The van der Waals surface area contributed by atoms with E-state index in [1.54, 1.807) is 0 Å². The van der Waals surface area contributed by atoms with Gasteiger partial charge < -0.3 is 9.88 Å². The number of aromatic nitrogens is 1. The molecule has 0 spiro atoms. The fourth-order valence-electron chi connectivity index (χ4n) is 4.46. The third kappa shape index (κ3) is 4.55. The summed E-state index contributed by atoms with van der Waals surface area (Å²) in [6.45, 7) is 7.81. The van der Waals surface area contributed by atoms with E-state index in [0.29, 0.717) is 24.4 Å². The van der Waals surface area contributed by atoms with E-state index in [1.807, 2.05) is 0 Å². The van der Waals surface area contributed by atoms with Crippen LogP contribution in [0.15, 0.2) is 30.5 Å². The van der Waals surface area contributed by atoms with Gasteiger partial charge in [-0.15, -0.1) is 0 Å². The Morgan fingerprint density at radius 3 is 2.81 bits per heavy atom. The predicted octanol–water partition coefficient (Wildman–Crippen LogP) is 4.49. The zero-order chi connectivity index (χ0) is 18.8. The largest absolute Gasteiger partial charge is 0.353 e. The van der Waals surface area contributed by atoms with Crippen LogP contribution in [0.2, 0.25) is 0 Å². The SMILES string of the molecule is CC(C)n1cc(CN2CCCC(CCC(=O)NC3CC3)C2)c2ccccc21. The van der Waals surface area contributed by atoms with Crippen LogP contribution >= 0.6 is 0 Å². The number of hydrogen-bond donors (Lipinski definition) is 1. The first-order valence-corrected chi connectivity index (χ1v) is 10.7. The van der Waals surface area contributed by atoms with Crippen molar-refractivity contribution in [3.63, 3.8) is 0 Å². The van der Waals surface area contributed by atoms with Crippen molar-refractivity contribution in [2.24, 2.45) is 5.92 Å². The number of rotatable bonds is 7. The molecule has 146 valence electrons. The smallest absolute Gasteiger partial charge is 0.220 e. The lowest BCUT2D eigenvalue weighted by Crippen LogP contribution is -2.35. The van der Waals surface area contributed by atoms with Gasteiger partial charge in [-0.25, -0.2) is 0 Å². The minimum atomic E-state index is 0.259. The molecule has 0 radical (unpaired) electrons. The molecule has 1 unspecified atom stereocenters. The minimum absolute atomic E-state index is 0.259. The summed E-state index contributed by atoms with van der Waals surface area (Å²) in [4.78, 5) is 14.6. The Bertz CT molecular complexity index is 790. The maximum atomic E-state index is 12.0. The van der Waals surface area contributed by atoms with Crippen molar-refractivity contribution < 1.29 is 4.79 Å². The number of nitrogens with zero attached hydrogens (tertiary/aromatic N) is 2. The molecular weight excluding hydrogens is 334 g/mol. The summed E-state index contributed by atoms with van der Waals surface area (Å²) in [6, 6.07) is 9.73. The molecule has 1 saturated heterocycles. The third-order valence-electron chi connectivity index (χ3n) is 6.10. The summed E-state index contributed by atoms with van der Waals surface area (Å²) in [5, 5.41) is 4.51. The van der Waals surface area contributed by atoms with Gasteiger partial charge in [0.05, 0.1) is 0 Å². The van der Waals surface area contributed by atoms with Gasteiger partial charge in [0.1, 0.15) is 0 Å². The van der Waals surface area contributed by atoms with Crippen molar-refractivity contribution in [3.8, 4) is 0 Å². The molecule has 4 rings (SSSR count). The van der Waals surface area contributed by atoms with Crippen molar-refractivity contribution in [3.05, 3.63) is 36.0 Å². The second kappa shape index (κ2) is 8.05.